The van der Waals surface area contributed by atoms with Gasteiger partial charge in [0.15, 0.2) is 5.13 Å². The van der Waals surface area contributed by atoms with Gasteiger partial charge >= 0.3 is 0 Å². The Morgan fingerprint density at radius 2 is 1.71 bits per heavy atom. The molecule has 166 valence electrons. The number of aryl methyl sites for hydroxylation is 2. The Kier molecular flexibility index (Phi) is 8.50. The van der Waals surface area contributed by atoms with Crippen LogP contribution >= 0.6 is 23.7 Å². The number of halogens is 1. The number of carbonyl (C=O) groups is 1. The Morgan fingerprint density at radius 1 is 1.06 bits per heavy atom. The summed E-state index contributed by atoms with van der Waals surface area (Å²) in [6.45, 7) is 5.52. The topological polar surface area (TPSA) is 79.6 Å². The standard InChI is InChI=1S/C22H26N4O3S.ClH/c1-15-6-7-16(2)21-20(15)23-22(30-21)25(13-5-12-24(3)4)19(27)14-17-8-10-18(11-9-17)26(28)29;/h6-11H,5,12-14H2,1-4H3;1H. The number of benzene rings is 2. The molecule has 0 aliphatic heterocycles. The fourth-order valence-corrected chi connectivity index (χ4v) is 4.40. The fourth-order valence-electron chi connectivity index (χ4n) is 3.24. The number of hydrogen-bond donors (Lipinski definition) is 0. The summed E-state index contributed by atoms with van der Waals surface area (Å²) in [6.07, 6.45) is 1.00. The third-order valence-corrected chi connectivity index (χ3v) is 6.17. The van der Waals surface area contributed by atoms with E-state index in [4.69, 9.17) is 4.98 Å². The van der Waals surface area contributed by atoms with Crippen molar-refractivity contribution in [3.63, 3.8) is 0 Å². The number of hydrogen-bond acceptors (Lipinski definition) is 6. The number of nitro groups is 1. The van der Waals surface area contributed by atoms with Crippen molar-refractivity contribution < 1.29 is 9.72 Å². The first-order valence-electron chi connectivity index (χ1n) is 9.81. The van der Waals surface area contributed by atoms with Gasteiger partial charge in [-0.3, -0.25) is 19.8 Å². The van der Waals surface area contributed by atoms with Crippen LogP contribution in [0, 0.1) is 24.0 Å². The molecular formula is C22H27ClN4O3S. The first-order chi connectivity index (χ1) is 14.3. The number of nitro benzene ring substituents is 1. The lowest BCUT2D eigenvalue weighted by Gasteiger charge is -2.21. The molecule has 3 aromatic rings. The van der Waals surface area contributed by atoms with Crippen LogP contribution in [0.2, 0.25) is 0 Å². The zero-order valence-corrected chi connectivity index (χ0v) is 19.8. The van der Waals surface area contributed by atoms with Crippen LogP contribution in [0.25, 0.3) is 10.2 Å². The van der Waals surface area contributed by atoms with Crippen LogP contribution in [-0.2, 0) is 11.2 Å². The molecule has 0 N–H and O–H groups in total. The van der Waals surface area contributed by atoms with Crippen LogP contribution in [0.3, 0.4) is 0 Å². The molecule has 9 heteroatoms. The van der Waals surface area contributed by atoms with Crippen molar-refractivity contribution >= 4 is 50.7 Å². The van der Waals surface area contributed by atoms with E-state index in [0.29, 0.717) is 11.7 Å². The number of non-ortho nitro benzene ring substituents is 1. The van der Waals surface area contributed by atoms with Gasteiger partial charge < -0.3 is 4.90 Å². The molecular weight excluding hydrogens is 436 g/mol. The fraction of sp³-hybridized carbons (Fsp3) is 0.364. The van der Waals surface area contributed by atoms with E-state index in [0.717, 1.165) is 39.9 Å². The summed E-state index contributed by atoms with van der Waals surface area (Å²) in [5.41, 5.74) is 3.95. The van der Waals surface area contributed by atoms with Crippen LogP contribution in [0.4, 0.5) is 10.8 Å². The maximum absolute atomic E-state index is 13.2. The first kappa shape index (κ1) is 24.7. The highest BCUT2D eigenvalue weighted by Gasteiger charge is 2.21. The number of thiazole rings is 1. The Balaban J connectivity index is 0.00000341. The van der Waals surface area contributed by atoms with Crippen molar-refractivity contribution in [3.8, 4) is 0 Å². The van der Waals surface area contributed by atoms with E-state index < -0.39 is 4.92 Å². The number of rotatable bonds is 8. The Morgan fingerprint density at radius 3 is 2.29 bits per heavy atom. The van der Waals surface area contributed by atoms with E-state index in [1.165, 1.54) is 12.1 Å². The Bertz CT molecular complexity index is 1030. The second kappa shape index (κ2) is 10.7. The van der Waals surface area contributed by atoms with Gasteiger partial charge in [0.1, 0.15) is 0 Å². The van der Waals surface area contributed by atoms with E-state index in [1.54, 1.807) is 28.4 Å². The van der Waals surface area contributed by atoms with E-state index in [9.17, 15) is 14.9 Å². The van der Waals surface area contributed by atoms with Crippen LogP contribution in [0.5, 0.6) is 0 Å². The van der Waals surface area contributed by atoms with Crippen molar-refractivity contribution in [2.24, 2.45) is 0 Å². The van der Waals surface area contributed by atoms with Crippen molar-refractivity contribution in [1.82, 2.24) is 9.88 Å². The Labute approximate surface area is 192 Å². The quantitative estimate of drug-likeness (QED) is 0.356. The zero-order chi connectivity index (χ0) is 21.8. The molecule has 0 aliphatic carbocycles. The molecule has 1 amide bonds. The lowest BCUT2D eigenvalue weighted by atomic mass is 10.1. The van der Waals surface area contributed by atoms with Crippen LogP contribution in [0.1, 0.15) is 23.1 Å². The average Bonchev–Trinajstić information content (AvgIpc) is 3.14. The van der Waals surface area contributed by atoms with Crippen molar-refractivity contribution in [2.45, 2.75) is 26.7 Å². The lowest BCUT2D eigenvalue weighted by molar-refractivity contribution is -0.384. The minimum Gasteiger partial charge on any atom is -0.309 e. The van der Waals surface area contributed by atoms with E-state index in [-0.39, 0.29) is 30.4 Å². The highest BCUT2D eigenvalue weighted by Crippen LogP contribution is 2.33. The van der Waals surface area contributed by atoms with Gasteiger partial charge in [-0.2, -0.15) is 0 Å². The van der Waals surface area contributed by atoms with Crippen molar-refractivity contribution in [3.05, 3.63) is 63.2 Å². The smallest absolute Gasteiger partial charge is 0.269 e. The summed E-state index contributed by atoms with van der Waals surface area (Å²) in [5, 5.41) is 11.6. The van der Waals surface area contributed by atoms with Gasteiger partial charge in [0.05, 0.1) is 21.6 Å². The van der Waals surface area contributed by atoms with Crippen LogP contribution < -0.4 is 4.90 Å². The molecule has 0 saturated heterocycles. The predicted molar refractivity (Wildman–Crippen MR) is 129 cm³/mol. The summed E-state index contributed by atoms with van der Waals surface area (Å²) < 4.78 is 1.10. The maximum Gasteiger partial charge on any atom is 0.269 e. The van der Waals surface area contributed by atoms with Crippen LogP contribution in [0.15, 0.2) is 36.4 Å². The molecule has 0 aliphatic rings. The summed E-state index contributed by atoms with van der Waals surface area (Å²) in [7, 11) is 4.01. The second-order valence-corrected chi connectivity index (χ2v) is 8.65. The SMILES string of the molecule is Cc1ccc(C)c2sc(N(CCCN(C)C)C(=O)Cc3ccc([N+](=O)[O-])cc3)nc12.Cl. The molecule has 0 fully saturated rings. The molecule has 0 spiro atoms. The number of aromatic nitrogens is 1. The van der Waals surface area contributed by atoms with Crippen molar-refractivity contribution in [2.75, 3.05) is 32.1 Å². The molecule has 31 heavy (non-hydrogen) atoms. The molecule has 3 rings (SSSR count). The Hall–Kier alpha value is -2.55. The molecule has 2 aromatic carbocycles. The van der Waals surface area contributed by atoms with Gasteiger partial charge in [-0.1, -0.05) is 35.6 Å². The summed E-state index contributed by atoms with van der Waals surface area (Å²) in [5.74, 6) is -0.0584. The van der Waals surface area contributed by atoms with Gasteiger partial charge in [0.2, 0.25) is 5.91 Å². The monoisotopic (exact) mass is 462 g/mol. The first-order valence-corrected chi connectivity index (χ1v) is 10.6. The van der Waals surface area contributed by atoms with Gasteiger partial charge in [0, 0.05) is 18.7 Å². The van der Waals surface area contributed by atoms with E-state index in [2.05, 4.69) is 24.0 Å². The number of nitrogens with zero attached hydrogens (tertiary/aromatic N) is 4. The van der Waals surface area contributed by atoms with E-state index in [1.807, 2.05) is 21.0 Å². The third-order valence-electron chi connectivity index (χ3n) is 4.95. The molecule has 0 atom stereocenters. The summed E-state index contributed by atoms with van der Waals surface area (Å²) >= 11 is 1.54. The third kappa shape index (κ3) is 6.00. The van der Waals surface area contributed by atoms with Crippen molar-refractivity contribution in [1.29, 1.82) is 0 Å². The lowest BCUT2D eigenvalue weighted by Crippen LogP contribution is -2.34. The van der Waals surface area contributed by atoms with Crippen LogP contribution in [-0.4, -0.2) is 47.9 Å². The molecule has 1 heterocycles. The second-order valence-electron chi connectivity index (χ2n) is 7.68. The molecule has 7 nitrogen and oxygen atoms in total. The summed E-state index contributed by atoms with van der Waals surface area (Å²) in [4.78, 5) is 32.3. The minimum atomic E-state index is -0.440. The molecule has 0 unspecified atom stereocenters. The number of carbonyl (C=O) groups excluding carboxylic acids is 1. The number of fused-ring (bicyclic) bond motifs is 1. The maximum atomic E-state index is 13.2. The predicted octanol–water partition coefficient (Wildman–Crippen LogP) is 4.77. The minimum absolute atomic E-state index is 0. The van der Waals surface area contributed by atoms with Gasteiger partial charge in [-0.25, -0.2) is 4.98 Å². The molecule has 0 saturated carbocycles. The summed E-state index contributed by atoms with van der Waals surface area (Å²) in [6, 6.07) is 10.3. The number of anilines is 1. The average molecular weight is 463 g/mol. The van der Waals surface area contributed by atoms with Gasteiger partial charge in [0.25, 0.3) is 5.69 Å². The normalized spacial score (nSPS) is 10.9. The molecule has 0 bridgehead atoms. The molecule has 0 radical (unpaired) electrons. The van der Waals surface area contributed by atoms with Gasteiger partial charge in [-0.15, -0.1) is 12.4 Å². The highest BCUT2D eigenvalue weighted by atomic mass is 35.5. The molecule has 1 aromatic heterocycles. The zero-order valence-electron chi connectivity index (χ0n) is 18.1. The number of amides is 1. The largest absolute Gasteiger partial charge is 0.309 e. The van der Waals surface area contributed by atoms with Gasteiger partial charge in [-0.05, 0) is 57.6 Å². The highest BCUT2D eigenvalue weighted by molar-refractivity contribution is 7.22. The van der Waals surface area contributed by atoms with E-state index >= 15 is 0 Å².